The third kappa shape index (κ3) is 3.93. The van der Waals surface area contributed by atoms with Crippen LogP contribution < -0.4 is 11.1 Å². The molecule has 0 aromatic carbocycles. The highest BCUT2D eigenvalue weighted by molar-refractivity contribution is 7.80. The Balaban J connectivity index is 0. The van der Waals surface area contributed by atoms with Crippen LogP contribution in [0.1, 0.15) is 6.92 Å². The lowest BCUT2D eigenvalue weighted by Crippen LogP contribution is -2.60. The number of hydrogen-bond donors (Lipinski definition) is 2. The van der Waals surface area contributed by atoms with E-state index in [-0.39, 0.29) is 23.6 Å². The SMILES string of the molecule is COC(C)C(NC(N)=S)(OC)OC.Cl. The smallest absolute Gasteiger partial charge is 0.277 e. The number of thiocarbonyl (C=S) groups is 1. The van der Waals surface area contributed by atoms with Crippen LogP contribution >= 0.6 is 24.6 Å². The Morgan fingerprint density at radius 2 is 1.79 bits per heavy atom. The molecular weight excluding hydrogens is 228 g/mol. The molecule has 0 aromatic rings. The molecule has 7 heteroatoms. The molecule has 3 N–H and O–H groups in total. The van der Waals surface area contributed by atoms with Gasteiger partial charge < -0.3 is 25.3 Å². The van der Waals surface area contributed by atoms with Crippen molar-refractivity contribution >= 4 is 29.7 Å². The van der Waals surface area contributed by atoms with Crippen molar-refractivity contribution in [2.45, 2.75) is 18.9 Å². The second kappa shape index (κ2) is 7.19. The Morgan fingerprint density at radius 3 is 2.00 bits per heavy atom. The van der Waals surface area contributed by atoms with Crippen molar-refractivity contribution in [2.24, 2.45) is 5.73 Å². The van der Waals surface area contributed by atoms with E-state index in [0.29, 0.717) is 0 Å². The third-order valence-electron chi connectivity index (χ3n) is 1.79. The van der Waals surface area contributed by atoms with Gasteiger partial charge in [0.25, 0.3) is 5.91 Å². The van der Waals surface area contributed by atoms with Gasteiger partial charge in [0.1, 0.15) is 6.10 Å². The molecule has 0 bridgehead atoms. The molecule has 0 aliphatic carbocycles. The van der Waals surface area contributed by atoms with Crippen LogP contribution in [-0.4, -0.2) is 38.5 Å². The number of halogens is 1. The second-order valence-electron chi connectivity index (χ2n) is 2.44. The summed E-state index contributed by atoms with van der Waals surface area (Å²) in [5.74, 6) is -1.12. The molecule has 0 saturated heterocycles. The monoisotopic (exact) mass is 244 g/mol. The van der Waals surface area contributed by atoms with Gasteiger partial charge in [-0.15, -0.1) is 12.4 Å². The number of hydrogen-bond acceptors (Lipinski definition) is 4. The summed E-state index contributed by atoms with van der Waals surface area (Å²) in [7, 11) is 4.49. The average Bonchev–Trinajstić information content (AvgIpc) is 2.12. The largest absolute Gasteiger partial charge is 0.376 e. The number of rotatable bonds is 5. The van der Waals surface area contributed by atoms with Gasteiger partial charge in [-0.3, -0.25) is 0 Å². The summed E-state index contributed by atoms with van der Waals surface area (Å²) in [6.07, 6.45) is -0.344. The summed E-state index contributed by atoms with van der Waals surface area (Å²) in [6, 6.07) is 0. The highest BCUT2D eigenvalue weighted by Gasteiger charge is 2.37. The molecule has 0 aliphatic rings. The maximum atomic E-state index is 5.33. The summed E-state index contributed by atoms with van der Waals surface area (Å²) < 4.78 is 15.3. The minimum atomic E-state index is -1.12. The van der Waals surface area contributed by atoms with E-state index < -0.39 is 5.91 Å². The molecule has 0 aliphatic heterocycles. The topological polar surface area (TPSA) is 65.7 Å². The summed E-state index contributed by atoms with van der Waals surface area (Å²) in [5.41, 5.74) is 5.33. The minimum absolute atomic E-state index is 0. The van der Waals surface area contributed by atoms with Gasteiger partial charge in [0.15, 0.2) is 5.11 Å². The first kappa shape index (κ1) is 16.3. The zero-order valence-electron chi connectivity index (χ0n) is 8.70. The van der Waals surface area contributed by atoms with E-state index in [9.17, 15) is 0 Å². The fraction of sp³-hybridized carbons (Fsp3) is 0.857. The standard InChI is InChI=1S/C7H16N2O3S.ClH/c1-5(10-2)7(11-3,12-4)9-6(8)13;/h5H,1-4H3,(H3,8,9,13);1H. The zero-order valence-corrected chi connectivity index (χ0v) is 10.3. The second-order valence-corrected chi connectivity index (χ2v) is 2.88. The lowest BCUT2D eigenvalue weighted by atomic mass is 10.3. The molecule has 0 radical (unpaired) electrons. The molecule has 14 heavy (non-hydrogen) atoms. The van der Waals surface area contributed by atoms with Crippen LogP contribution in [0.4, 0.5) is 0 Å². The lowest BCUT2D eigenvalue weighted by Gasteiger charge is -2.35. The van der Waals surface area contributed by atoms with Crippen LogP contribution in [0.5, 0.6) is 0 Å². The van der Waals surface area contributed by atoms with E-state index in [1.54, 1.807) is 14.0 Å². The fourth-order valence-corrected chi connectivity index (χ4v) is 1.09. The van der Waals surface area contributed by atoms with Crippen molar-refractivity contribution in [3.05, 3.63) is 0 Å². The Hall–Kier alpha value is -0.140. The van der Waals surface area contributed by atoms with Crippen molar-refractivity contribution in [1.82, 2.24) is 5.32 Å². The van der Waals surface area contributed by atoms with Crippen molar-refractivity contribution in [1.29, 1.82) is 0 Å². The number of nitrogens with one attached hydrogen (secondary N) is 1. The van der Waals surface area contributed by atoms with E-state index in [1.807, 2.05) is 0 Å². The summed E-state index contributed by atoms with van der Waals surface area (Å²) >= 11 is 4.69. The molecular formula is C7H17ClN2O3S. The molecule has 1 unspecified atom stereocenters. The Bertz CT molecular complexity index is 178. The lowest BCUT2D eigenvalue weighted by molar-refractivity contribution is -0.269. The molecule has 0 saturated carbocycles. The van der Waals surface area contributed by atoms with Crippen LogP contribution in [0.15, 0.2) is 0 Å². The normalized spacial score (nSPS) is 12.9. The molecule has 0 heterocycles. The summed E-state index contributed by atoms with van der Waals surface area (Å²) in [4.78, 5) is 0. The molecule has 86 valence electrons. The summed E-state index contributed by atoms with van der Waals surface area (Å²) in [5, 5.41) is 2.77. The van der Waals surface area contributed by atoms with Crippen molar-refractivity contribution < 1.29 is 14.2 Å². The molecule has 0 fully saturated rings. The first-order valence-corrected chi connectivity index (χ1v) is 4.14. The molecule has 0 aromatic heterocycles. The number of ether oxygens (including phenoxy) is 3. The minimum Gasteiger partial charge on any atom is -0.376 e. The van der Waals surface area contributed by atoms with Crippen LogP contribution in [0.25, 0.3) is 0 Å². The Labute approximate surface area is 95.7 Å². The zero-order chi connectivity index (χ0) is 10.5. The van der Waals surface area contributed by atoms with Crippen molar-refractivity contribution in [3.63, 3.8) is 0 Å². The first-order valence-electron chi connectivity index (χ1n) is 3.73. The van der Waals surface area contributed by atoms with E-state index in [1.165, 1.54) is 14.2 Å². The van der Waals surface area contributed by atoms with Gasteiger partial charge in [0.05, 0.1) is 0 Å². The van der Waals surface area contributed by atoms with E-state index in [0.717, 1.165) is 0 Å². The predicted molar refractivity (Wildman–Crippen MR) is 60.4 cm³/mol. The van der Waals surface area contributed by atoms with Crippen LogP contribution in [0.2, 0.25) is 0 Å². The van der Waals surface area contributed by atoms with Gasteiger partial charge in [0.2, 0.25) is 0 Å². The Morgan fingerprint density at radius 1 is 1.36 bits per heavy atom. The highest BCUT2D eigenvalue weighted by Crippen LogP contribution is 2.14. The molecule has 1 atom stereocenters. The van der Waals surface area contributed by atoms with Gasteiger partial charge in [0, 0.05) is 21.3 Å². The molecule has 5 nitrogen and oxygen atoms in total. The van der Waals surface area contributed by atoms with Crippen LogP contribution in [-0.2, 0) is 14.2 Å². The first-order chi connectivity index (χ1) is 6.02. The van der Waals surface area contributed by atoms with Gasteiger partial charge in [-0.05, 0) is 19.1 Å². The van der Waals surface area contributed by atoms with Crippen molar-refractivity contribution in [2.75, 3.05) is 21.3 Å². The van der Waals surface area contributed by atoms with E-state index in [4.69, 9.17) is 32.2 Å². The van der Waals surface area contributed by atoms with E-state index >= 15 is 0 Å². The van der Waals surface area contributed by atoms with Gasteiger partial charge in [-0.1, -0.05) is 0 Å². The fourth-order valence-electron chi connectivity index (χ4n) is 0.946. The number of nitrogens with two attached hydrogens (primary N) is 1. The summed E-state index contributed by atoms with van der Waals surface area (Å²) in [6.45, 7) is 1.78. The van der Waals surface area contributed by atoms with Crippen molar-refractivity contribution in [3.8, 4) is 0 Å². The quantitative estimate of drug-likeness (QED) is 0.533. The molecule has 0 rings (SSSR count). The maximum Gasteiger partial charge on any atom is 0.277 e. The average molecular weight is 245 g/mol. The molecule has 0 amide bonds. The van der Waals surface area contributed by atoms with E-state index in [2.05, 4.69) is 5.32 Å². The van der Waals surface area contributed by atoms with Crippen LogP contribution in [0.3, 0.4) is 0 Å². The number of methoxy groups -OCH3 is 3. The third-order valence-corrected chi connectivity index (χ3v) is 1.89. The highest BCUT2D eigenvalue weighted by atomic mass is 35.5. The van der Waals surface area contributed by atoms with Gasteiger partial charge >= 0.3 is 0 Å². The predicted octanol–water partition coefficient (Wildman–Crippen LogP) is 0.223. The maximum absolute atomic E-state index is 5.33. The van der Waals surface area contributed by atoms with Gasteiger partial charge in [-0.2, -0.15) is 0 Å². The Kier molecular flexibility index (Phi) is 8.37. The van der Waals surface area contributed by atoms with Gasteiger partial charge in [-0.25, -0.2) is 0 Å². The van der Waals surface area contributed by atoms with Crippen LogP contribution in [0, 0.1) is 0 Å². The molecule has 0 spiro atoms.